The van der Waals surface area contributed by atoms with Crippen molar-refractivity contribution >= 4 is 5.91 Å². The van der Waals surface area contributed by atoms with Crippen molar-refractivity contribution in [3.63, 3.8) is 0 Å². The van der Waals surface area contributed by atoms with Crippen LogP contribution in [-0.2, 0) is 22.5 Å². The van der Waals surface area contributed by atoms with Crippen LogP contribution in [0.4, 0.5) is 0 Å². The number of fused-ring (bicyclic) bond motifs is 1. The molecule has 2 N–H and O–H groups in total. The molecule has 1 aromatic rings. The number of amides is 1. The summed E-state index contributed by atoms with van der Waals surface area (Å²) in [4.78, 5) is 12.5. The van der Waals surface area contributed by atoms with Gasteiger partial charge in [-0.05, 0) is 24.0 Å². The molecule has 0 radical (unpaired) electrons. The first-order valence-electron chi connectivity index (χ1n) is 7.65. The average molecular weight is 288 g/mol. The van der Waals surface area contributed by atoms with Gasteiger partial charge in [0, 0.05) is 25.1 Å². The molecule has 3 unspecified atom stereocenters. The number of carbonyl (C=O) groups is 1. The Morgan fingerprint density at radius 2 is 2.05 bits per heavy atom. The SMILES string of the molecule is COC1CC(NC(=O)C2Cc3ccccc3CN2)C1(C)C. The number of rotatable bonds is 3. The third-order valence-electron chi connectivity index (χ3n) is 5.18. The van der Waals surface area contributed by atoms with E-state index in [9.17, 15) is 4.79 Å². The first kappa shape index (κ1) is 14.5. The third-order valence-corrected chi connectivity index (χ3v) is 5.18. The maximum Gasteiger partial charge on any atom is 0.237 e. The highest BCUT2D eigenvalue weighted by Gasteiger charge is 2.49. The fourth-order valence-electron chi connectivity index (χ4n) is 3.44. The summed E-state index contributed by atoms with van der Waals surface area (Å²) in [7, 11) is 1.74. The zero-order chi connectivity index (χ0) is 15.0. The molecule has 1 heterocycles. The lowest BCUT2D eigenvalue weighted by Gasteiger charge is -2.51. The molecule has 0 aromatic heterocycles. The van der Waals surface area contributed by atoms with Gasteiger partial charge in [0.15, 0.2) is 0 Å². The summed E-state index contributed by atoms with van der Waals surface area (Å²) in [5.41, 5.74) is 2.58. The van der Waals surface area contributed by atoms with E-state index in [-0.39, 0.29) is 29.5 Å². The fraction of sp³-hybridized carbons (Fsp3) is 0.588. The van der Waals surface area contributed by atoms with Crippen LogP contribution in [0.15, 0.2) is 24.3 Å². The Morgan fingerprint density at radius 3 is 2.71 bits per heavy atom. The van der Waals surface area contributed by atoms with Crippen LogP contribution in [-0.4, -0.2) is 31.2 Å². The average Bonchev–Trinajstić information content (AvgIpc) is 2.50. The molecule has 0 bridgehead atoms. The monoisotopic (exact) mass is 288 g/mol. The molecule has 3 atom stereocenters. The van der Waals surface area contributed by atoms with E-state index in [1.54, 1.807) is 7.11 Å². The Hall–Kier alpha value is -1.39. The number of nitrogens with one attached hydrogen (secondary N) is 2. The maximum absolute atomic E-state index is 12.5. The minimum atomic E-state index is -0.128. The molecule has 2 aliphatic rings. The van der Waals surface area contributed by atoms with Gasteiger partial charge in [0.1, 0.15) is 0 Å². The molecular formula is C17H24N2O2. The highest BCUT2D eigenvalue weighted by Crippen LogP contribution is 2.42. The summed E-state index contributed by atoms with van der Waals surface area (Å²) in [6.45, 7) is 5.07. The Bertz CT molecular complexity index is 541. The van der Waals surface area contributed by atoms with Crippen LogP contribution in [0, 0.1) is 5.41 Å². The highest BCUT2D eigenvalue weighted by molar-refractivity contribution is 5.83. The van der Waals surface area contributed by atoms with Crippen LogP contribution >= 0.6 is 0 Å². The van der Waals surface area contributed by atoms with Crippen molar-refractivity contribution in [2.75, 3.05) is 7.11 Å². The quantitative estimate of drug-likeness (QED) is 0.889. The van der Waals surface area contributed by atoms with Crippen LogP contribution in [0.25, 0.3) is 0 Å². The van der Waals surface area contributed by atoms with Gasteiger partial charge >= 0.3 is 0 Å². The normalized spacial score (nSPS) is 30.1. The standard InChI is InChI=1S/C17H24N2O2/c1-17(2)14(9-15(17)21-3)19-16(20)13-8-11-6-4-5-7-12(11)10-18-13/h4-7,13-15,18H,8-10H2,1-3H3,(H,19,20). The van der Waals surface area contributed by atoms with Gasteiger partial charge in [-0.2, -0.15) is 0 Å². The molecule has 21 heavy (non-hydrogen) atoms. The van der Waals surface area contributed by atoms with Crippen LogP contribution in [0.2, 0.25) is 0 Å². The van der Waals surface area contributed by atoms with Gasteiger partial charge < -0.3 is 15.4 Å². The lowest BCUT2D eigenvalue weighted by atomic mass is 9.64. The zero-order valence-corrected chi connectivity index (χ0v) is 13.0. The van der Waals surface area contributed by atoms with Gasteiger partial charge in [0.25, 0.3) is 0 Å². The molecule has 1 aliphatic heterocycles. The minimum Gasteiger partial charge on any atom is -0.381 e. The van der Waals surface area contributed by atoms with E-state index in [0.717, 1.165) is 19.4 Å². The van der Waals surface area contributed by atoms with E-state index < -0.39 is 0 Å². The predicted octanol–water partition coefficient (Wildman–Crippen LogP) is 1.63. The molecule has 3 rings (SSSR count). The zero-order valence-electron chi connectivity index (χ0n) is 13.0. The molecule has 4 heteroatoms. The third kappa shape index (κ3) is 2.58. The van der Waals surface area contributed by atoms with E-state index in [0.29, 0.717) is 0 Å². The second kappa shape index (κ2) is 5.43. The smallest absolute Gasteiger partial charge is 0.237 e. The summed E-state index contributed by atoms with van der Waals surface area (Å²) in [5.74, 6) is 0.108. The molecule has 1 amide bonds. The van der Waals surface area contributed by atoms with Crippen LogP contribution in [0.1, 0.15) is 31.4 Å². The number of hydrogen-bond donors (Lipinski definition) is 2. The maximum atomic E-state index is 12.5. The van der Waals surface area contributed by atoms with Crippen molar-refractivity contribution in [2.45, 2.75) is 51.4 Å². The second-order valence-corrected chi connectivity index (χ2v) is 6.75. The molecule has 0 saturated heterocycles. The molecule has 114 valence electrons. The Balaban J connectivity index is 1.61. The summed E-state index contributed by atoms with van der Waals surface area (Å²) in [6.07, 6.45) is 1.91. The van der Waals surface area contributed by atoms with Crippen LogP contribution in [0.3, 0.4) is 0 Å². The van der Waals surface area contributed by atoms with E-state index in [1.807, 2.05) is 12.1 Å². The van der Waals surface area contributed by atoms with Crippen molar-refractivity contribution in [3.05, 3.63) is 35.4 Å². The van der Waals surface area contributed by atoms with Crippen molar-refractivity contribution in [2.24, 2.45) is 5.41 Å². The van der Waals surface area contributed by atoms with Crippen molar-refractivity contribution in [1.29, 1.82) is 0 Å². The summed E-state index contributed by atoms with van der Waals surface area (Å²) in [6, 6.07) is 8.39. The molecule has 1 saturated carbocycles. The Labute approximate surface area is 126 Å². The fourth-order valence-corrected chi connectivity index (χ4v) is 3.44. The van der Waals surface area contributed by atoms with E-state index >= 15 is 0 Å². The summed E-state index contributed by atoms with van der Waals surface area (Å²) in [5, 5.41) is 6.53. The van der Waals surface area contributed by atoms with Crippen LogP contribution < -0.4 is 10.6 Å². The molecule has 1 fully saturated rings. The Kier molecular flexibility index (Phi) is 3.76. The molecular weight excluding hydrogens is 264 g/mol. The number of hydrogen-bond acceptors (Lipinski definition) is 3. The lowest BCUT2D eigenvalue weighted by Crippen LogP contribution is -2.64. The number of benzene rings is 1. The number of ether oxygens (including phenoxy) is 1. The summed E-state index contributed by atoms with van der Waals surface area (Å²) >= 11 is 0. The second-order valence-electron chi connectivity index (χ2n) is 6.75. The van der Waals surface area contributed by atoms with Crippen LogP contribution in [0.5, 0.6) is 0 Å². The summed E-state index contributed by atoms with van der Waals surface area (Å²) < 4.78 is 5.44. The lowest BCUT2D eigenvalue weighted by molar-refractivity contribution is -0.134. The number of carbonyl (C=O) groups excluding carboxylic acids is 1. The van der Waals surface area contributed by atoms with Gasteiger partial charge in [0.05, 0.1) is 12.1 Å². The first-order chi connectivity index (χ1) is 10.0. The van der Waals surface area contributed by atoms with Gasteiger partial charge in [-0.3, -0.25) is 4.79 Å². The minimum absolute atomic E-state index is 0.0109. The van der Waals surface area contributed by atoms with Crippen molar-refractivity contribution in [1.82, 2.24) is 10.6 Å². The molecule has 0 spiro atoms. The van der Waals surface area contributed by atoms with E-state index in [2.05, 4.69) is 36.6 Å². The van der Waals surface area contributed by atoms with Gasteiger partial charge in [-0.25, -0.2) is 0 Å². The van der Waals surface area contributed by atoms with Crippen molar-refractivity contribution in [3.8, 4) is 0 Å². The van der Waals surface area contributed by atoms with E-state index in [4.69, 9.17) is 4.74 Å². The first-order valence-corrected chi connectivity index (χ1v) is 7.65. The highest BCUT2D eigenvalue weighted by atomic mass is 16.5. The largest absolute Gasteiger partial charge is 0.381 e. The predicted molar refractivity (Wildman–Crippen MR) is 81.9 cm³/mol. The number of methoxy groups -OCH3 is 1. The van der Waals surface area contributed by atoms with Gasteiger partial charge in [0.2, 0.25) is 5.91 Å². The molecule has 1 aliphatic carbocycles. The Morgan fingerprint density at radius 1 is 1.33 bits per heavy atom. The van der Waals surface area contributed by atoms with Gasteiger partial charge in [-0.1, -0.05) is 38.1 Å². The molecule has 1 aromatic carbocycles. The van der Waals surface area contributed by atoms with E-state index in [1.165, 1.54) is 11.1 Å². The topological polar surface area (TPSA) is 50.4 Å². The van der Waals surface area contributed by atoms with Gasteiger partial charge in [-0.15, -0.1) is 0 Å². The van der Waals surface area contributed by atoms with Crippen molar-refractivity contribution < 1.29 is 9.53 Å². The molecule has 4 nitrogen and oxygen atoms in total.